The van der Waals surface area contributed by atoms with E-state index in [1.165, 1.54) is 29.6 Å². The molecule has 0 bridgehead atoms. The molecule has 0 radical (unpaired) electrons. The molecule has 1 aliphatic rings. The van der Waals surface area contributed by atoms with Crippen LogP contribution in [-0.4, -0.2) is 64.4 Å². The third kappa shape index (κ3) is 5.75. The number of hydrogen-bond acceptors (Lipinski definition) is 5. The summed E-state index contributed by atoms with van der Waals surface area (Å²) in [5, 5.41) is 3.20. The Bertz CT molecular complexity index is 1070. The van der Waals surface area contributed by atoms with Crippen LogP contribution in [0.15, 0.2) is 47.4 Å². The molecule has 166 valence electrons. The molecule has 0 atom stereocenters. The Hall–Kier alpha value is -2.17. The summed E-state index contributed by atoms with van der Waals surface area (Å²) in [5.41, 5.74) is 0.956. The molecule has 31 heavy (non-hydrogen) atoms. The summed E-state index contributed by atoms with van der Waals surface area (Å²) >= 11 is 12.0. The molecule has 1 aliphatic heterocycles. The molecular weight excluding hydrogens is 465 g/mol. The van der Waals surface area contributed by atoms with Crippen molar-refractivity contribution in [3.05, 3.63) is 58.1 Å². The number of benzene rings is 2. The van der Waals surface area contributed by atoms with Crippen molar-refractivity contribution in [1.29, 1.82) is 0 Å². The highest BCUT2D eigenvalue weighted by molar-refractivity contribution is 7.89. The van der Waals surface area contributed by atoms with Crippen LogP contribution in [0.5, 0.6) is 0 Å². The van der Waals surface area contributed by atoms with Crippen LogP contribution in [0.25, 0.3) is 0 Å². The maximum absolute atomic E-state index is 12.9. The van der Waals surface area contributed by atoms with E-state index in [9.17, 15) is 18.0 Å². The number of carbonyl (C=O) groups is 2. The van der Waals surface area contributed by atoms with E-state index in [1.807, 2.05) is 0 Å². The van der Waals surface area contributed by atoms with E-state index in [4.69, 9.17) is 23.2 Å². The lowest BCUT2D eigenvalue weighted by Crippen LogP contribution is -3.15. The Labute approximate surface area is 190 Å². The van der Waals surface area contributed by atoms with Gasteiger partial charge in [0.2, 0.25) is 10.0 Å². The summed E-state index contributed by atoms with van der Waals surface area (Å²) < 4.78 is 31.8. The summed E-state index contributed by atoms with van der Waals surface area (Å²) in [4.78, 5) is 24.8. The van der Waals surface area contributed by atoms with Gasteiger partial charge in [-0.1, -0.05) is 23.2 Å². The third-order valence-electron chi connectivity index (χ3n) is 4.94. The zero-order chi connectivity index (χ0) is 22.6. The van der Waals surface area contributed by atoms with Crippen molar-refractivity contribution in [3.8, 4) is 0 Å². The molecule has 11 heteroatoms. The Morgan fingerprint density at radius 3 is 2.35 bits per heavy atom. The smallest absolute Gasteiger partial charge is 0.337 e. The van der Waals surface area contributed by atoms with Crippen LogP contribution in [0, 0.1) is 0 Å². The normalized spacial score (nSPS) is 15.5. The van der Waals surface area contributed by atoms with Crippen LogP contribution in [-0.2, 0) is 19.6 Å². The number of esters is 1. The first-order chi connectivity index (χ1) is 14.7. The molecule has 0 aromatic heterocycles. The highest BCUT2D eigenvalue weighted by Crippen LogP contribution is 2.27. The van der Waals surface area contributed by atoms with E-state index in [0.717, 1.165) is 4.90 Å². The van der Waals surface area contributed by atoms with Crippen molar-refractivity contribution >= 4 is 50.8 Å². The van der Waals surface area contributed by atoms with Gasteiger partial charge >= 0.3 is 5.97 Å². The predicted molar refractivity (Wildman–Crippen MR) is 117 cm³/mol. The molecule has 0 spiro atoms. The molecule has 2 aromatic rings. The second-order valence-electron chi connectivity index (χ2n) is 7.02. The van der Waals surface area contributed by atoms with Gasteiger partial charge in [0, 0.05) is 10.7 Å². The quantitative estimate of drug-likeness (QED) is 0.599. The van der Waals surface area contributed by atoms with Gasteiger partial charge < -0.3 is 15.0 Å². The number of nitrogens with zero attached hydrogens (tertiary/aromatic N) is 1. The van der Waals surface area contributed by atoms with Crippen molar-refractivity contribution in [2.75, 3.05) is 45.2 Å². The zero-order valence-electron chi connectivity index (χ0n) is 16.7. The van der Waals surface area contributed by atoms with Gasteiger partial charge in [-0.3, -0.25) is 4.79 Å². The fourth-order valence-electron chi connectivity index (χ4n) is 3.27. The number of methoxy groups -OCH3 is 1. The number of sulfonamides is 1. The lowest BCUT2D eigenvalue weighted by molar-refractivity contribution is -0.895. The molecule has 1 amide bonds. The standard InChI is InChI=1S/C20H21Cl2N3O5S/c1-30-20(27)14-2-5-16(6-3-14)23-19(26)13-24-8-10-25(11-9-24)31(28,29)18-12-15(21)4-7-17(18)22/h2-7,12H,8-11,13H2,1H3,(H,23,26)/p+1. The lowest BCUT2D eigenvalue weighted by atomic mass is 10.2. The van der Waals surface area contributed by atoms with Gasteiger partial charge in [-0.2, -0.15) is 4.31 Å². The molecule has 0 unspecified atom stereocenters. The number of amides is 1. The highest BCUT2D eigenvalue weighted by atomic mass is 35.5. The van der Waals surface area contributed by atoms with Crippen LogP contribution in [0.1, 0.15) is 10.4 Å². The van der Waals surface area contributed by atoms with Crippen molar-refractivity contribution < 1.29 is 27.6 Å². The maximum atomic E-state index is 12.9. The highest BCUT2D eigenvalue weighted by Gasteiger charge is 2.32. The van der Waals surface area contributed by atoms with Gasteiger partial charge in [0.15, 0.2) is 6.54 Å². The lowest BCUT2D eigenvalue weighted by Gasteiger charge is -2.31. The molecule has 2 N–H and O–H groups in total. The van der Waals surface area contributed by atoms with Crippen LogP contribution >= 0.6 is 23.2 Å². The first kappa shape index (κ1) is 23.5. The second-order valence-corrected chi connectivity index (χ2v) is 9.77. The summed E-state index contributed by atoms with van der Waals surface area (Å²) in [6.45, 7) is 1.69. The molecule has 2 aromatic carbocycles. The molecule has 1 saturated heterocycles. The molecular formula is C20H22Cl2N3O5S+. The minimum absolute atomic E-state index is 0.0155. The largest absolute Gasteiger partial charge is 0.465 e. The van der Waals surface area contributed by atoms with E-state index >= 15 is 0 Å². The molecule has 1 heterocycles. The maximum Gasteiger partial charge on any atom is 0.337 e. The van der Waals surface area contributed by atoms with Crippen LogP contribution < -0.4 is 10.2 Å². The minimum Gasteiger partial charge on any atom is -0.465 e. The van der Waals surface area contributed by atoms with Gasteiger partial charge in [0.1, 0.15) is 4.90 Å². The fourth-order valence-corrected chi connectivity index (χ4v) is 5.45. The summed E-state index contributed by atoms with van der Waals surface area (Å²) in [6.07, 6.45) is 0. The summed E-state index contributed by atoms with van der Waals surface area (Å²) in [7, 11) is -2.46. The van der Waals surface area contributed by atoms with Gasteiger partial charge in [0.25, 0.3) is 5.91 Å². The molecule has 8 nitrogen and oxygen atoms in total. The Morgan fingerprint density at radius 1 is 1.10 bits per heavy atom. The van der Waals surface area contributed by atoms with E-state index in [1.54, 1.807) is 24.3 Å². The van der Waals surface area contributed by atoms with Gasteiger partial charge in [-0.05, 0) is 42.5 Å². The number of quaternary nitrogens is 1. The van der Waals surface area contributed by atoms with E-state index in [2.05, 4.69) is 10.1 Å². The Morgan fingerprint density at radius 2 is 1.74 bits per heavy atom. The number of hydrogen-bond donors (Lipinski definition) is 2. The van der Waals surface area contributed by atoms with Crippen molar-refractivity contribution in [2.45, 2.75) is 4.90 Å². The molecule has 1 fully saturated rings. The first-order valence-electron chi connectivity index (χ1n) is 9.47. The van der Waals surface area contributed by atoms with Crippen LogP contribution in [0.4, 0.5) is 5.69 Å². The molecule has 0 saturated carbocycles. The number of ether oxygens (including phenoxy) is 1. The number of halogens is 2. The second kappa shape index (κ2) is 9.97. The van der Waals surface area contributed by atoms with Gasteiger partial charge in [0.05, 0.1) is 43.9 Å². The van der Waals surface area contributed by atoms with E-state index < -0.39 is 16.0 Å². The van der Waals surface area contributed by atoms with Crippen molar-refractivity contribution in [1.82, 2.24) is 4.31 Å². The molecule has 3 rings (SSSR count). The monoisotopic (exact) mass is 486 g/mol. The minimum atomic E-state index is -3.76. The van der Waals surface area contributed by atoms with Crippen molar-refractivity contribution in [3.63, 3.8) is 0 Å². The van der Waals surface area contributed by atoms with E-state index in [-0.39, 0.29) is 35.5 Å². The topological polar surface area (TPSA) is 97.2 Å². The van der Waals surface area contributed by atoms with Crippen LogP contribution in [0.2, 0.25) is 10.0 Å². The number of nitrogens with one attached hydrogen (secondary N) is 2. The SMILES string of the molecule is COC(=O)c1ccc(NC(=O)C[NH+]2CCN(S(=O)(=O)c3cc(Cl)ccc3Cl)CC2)cc1. The van der Waals surface area contributed by atoms with Crippen LogP contribution in [0.3, 0.4) is 0 Å². The Kier molecular flexibility index (Phi) is 7.55. The van der Waals surface area contributed by atoms with Gasteiger partial charge in [-0.15, -0.1) is 0 Å². The van der Waals surface area contributed by atoms with E-state index in [0.29, 0.717) is 29.4 Å². The summed E-state index contributed by atoms with van der Waals surface area (Å²) in [6, 6.07) is 10.7. The fraction of sp³-hybridized carbons (Fsp3) is 0.300. The molecule has 0 aliphatic carbocycles. The predicted octanol–water partition coefficient (Wildman–Crippen LogP) is 1.31. The first-order valence-corrected chi connectivity index (χ1v) is 11.7. The number of rotatable bonds is 6. The van der Waals surface area contributed by atoms with Gasteiger partial charge in [-0.25, -0.2) is 13.2 Å². The van der Waals surface area contributed by atoms with Crippen molar-refractivity contribution in [2.24, 2.45) is 0 Å². The number of anilines is 1. The number of carbonyl (C=O) groups excluding carboxylic acids is 2. The third-order valence-corrected chi connectivity index (χ3v) is 7.56. The average molecular weight is 487 g/mol. The zero-order valence-corrected chi connectivity index (χ0v) is 19.1. The number of piperazine rings is 1. The Balaban J connectivity index is 1.54. The summed E-state index contributed by atoms with van der Waals surface area (Å²) in [5.74, 6) is -0.649. The average Bonchev–Trinajstić information content (AvgIpc) is 2.75.